The van der Waals surface area contributed by atoms with Gasteiger partial charge in [0.15, 0.2) is 0 Å². The van der Waals surface area contributed by atoms with E-state index in [0.29, 0.717) is 0 Å². The molecule has 1 unspecified atom stereocenters. The number of hydrogen-bond acceptors (Lipinski definition) is 5. The Kier molecular flexibility index (Phi) is 6.04. The Hall–Kier alpha value is -2.72. The third-order valence-corrected chi connectivity index (χ3v) is 5.19. The maximum atomic E-state index is 14.6. The molecule has 29 heavy (non-hydrogen) atoms. The van der Waals surface area contributed by atoms with Crippen LogP contribution in [-0.2, 0) is 11.3 Å². The van der Waals surface area contributed by atoms with Gasteiger partial charge in [-0.3, -0.25) is 14.5 Å². The highest BCUT2D eigenvalue weighted by atomic mass is 19.3. The number of aromatic amines is 1. The van der Waals surface area contributed by atoms with Gasteiger partial charge in [0.2, 0.25) is 5.91 Å². The number of carbonyl (C=O) groups is 1. The molecule has 4 N–H and O–H groups in total. The number of likely N-dealkylation sites (tertiary alicyclic amines) is 1. The second-order valence-corrected chi connectivity index (χ2v) is 7.08. The number of amides is 1. The second kappa shape index (κ2) is 8.34. The Bertz CT molecular complexity index is 932. The van der Waals surface area contributed by atoms with E-state index < -0.39 is 41.6 Å². The average Bonchev–Trinajstić information content (AvgIpc) is 2.69. The van der Waals surface area contributed by atoms with E-state index in [1.54, 1.807) is 11.8 Å². The van der Waals surface area contributed by atoms with Crippen LogP contribution in [0.1, 0.15) is 30.4 Å². The molecule has 1 amide bonds. The van der Waals surface area contributed by atoms with Crippen LogP contribution in [0.5, 0.6) is 0 Å². The van der Waals surface area contributed by atoms with E-state index in [-0.39, 0.29) is 36.6 Å². The zero-order valence-corrected chi connectivity index (χ0v) is 15.8. The highest BCUT2D eigenvalue weighted by molar-refractivity contribution is 5.93. The minimum Gasteiger partial charge on any atom is -0.329 e. The summed E-state index contributed by atoms with van der Waals surface area (Å²) in [4.78, 5) is 32.1. The molecule has 0 saturated carbocycles. The van der Waals surface area contributed by atoms with Crippen LogP contribution in [0.3, 0.4) is 0 Å². The van der Waals surface area contributed by atoms with Gasteiger partial charge in [0.25, 0.3) is 11.5 Å². The number of piperidine rings is 1. The van der Waals surface area contributed by atoms with Crippen LogP contribution in [0.25, 0.3) is 0 Å². The number of aromatic nitrogens is 2. The minimum absolute atomic E-state index is 0.0298. The summed E-state index contributed by atoms with van der Waals surface area (Å²) in [5, 5.41) is 2.56. The topological polar surface area (TPSA) is 104 Å². The Morgan fingerprint density at radius 1 is 1.48 bits per heavy atom. The number of halogens is 3. The number of rotatable bonds is 5. The van der Waals surface area contributed by atoms with Gasteiger partial charge in [0.05, 0.1) is 18.2 Å². The van der Waals surface area contributed by atoms with Crippen molar-refractivity contribution in [1.82, 2.24) is 14.9 Å². The first kappa shape index (κ1) is 21.0. The third-order valence-electron chi connectivity index (χ3n) is 5.19. The Balaban J connectivity index is 1.76. The number of pyridine rings is 2. The molecule has 0 spiro atoms. The lowest BCUT2D eigenvalue weighted by Crippen LogP contribution is -2.52. The molecule has 1 aliphatic heterocycles. The van der Waals surface area contributed by atoms with Gasteiger partial charge in [0.1, 0.15) is 11.6 Å². The van der Waals surface area contributed by atoms with Gasteiger partial charge >= 0.3 is 0 Å². The van der Waals surface area contributed by atoms with Crippen LogP contribution in [0.4, 0.5) is 19.0 Å². The molecule has 0 aromatic carbocycles. The summed E-state index contributed by atoms with van der Waals surface area (Å²) < 4.78 is 42.2. The van der Waals surface area contributed by atoms with Crippen LogP contribution >= 0.6 is 0 Å². The molecule has 1 saturated heterocycles. The molecule has 10 heteroatoms. The zero-order valence-electron chi connectivity index (χ0n) is 15.8. The minimum atomic E-state index is -2.99. The molecule has 3 heterocycles. The fourth-order valence-electron chi connectivity index (χ4n) is 3.38. The van der Waals surface area contributed by atoms with Gasteiger partial charge in [0, 0.05) is 37.8 Å². The fourth-order valence-corrected chi connectivity index (χ4v) is 3.38. The van der Waals surface area contributed by atoms with Crippen molar-refractivity contribution in [1.29, 1.82) is 0 Å². The van der Waals surface area contributed by atoms with Gasteiger partial charge in [-0.05, 0) is 30.7 Å². The molecular formula is C19H22F3N5O2. The third kappa shape index (κ3) is 4.65. The van der Waals surface area contributed by atoms with Crippen LogP contribution in [0, 0.1) is 5.82 Å². The van der Waals surface area contributed by atoms with E-state index in [4.69, 9.17) is 5.73 Å². The van der Waals surface area contributed by atoms with E-state index in [9.17, 15) is 22.8 Å². The highest BCUT2D eigenvalue weighted by Gasteiger charge is 2.46. The summed E-state index contributed by atoms with van der Waals surface area (Å²) in [6, 6.07) is 3.17. The lowest BCUT2D eigenvalue weighted by molar-refractivity contribution is -0.125. The lowest BCUT2D eigenvalue weighted by Gasteiger charge is -2.40. The molecule has 7 nitrogen and oxygen atoms in total. The summed E-state index contributed by atoms with van der Waals surface area (Å²) in [7, 11) is 0. The molecule has 0 bridgehead atoms. The number of alkyl halides is 2. The standard InChI is InChI=1S/C19H22F3N5O2/c1-11(17(28)26-16-3-2-14(20)9-24-16)27-5-4-19(21,22)15(10-27)13-6-12(7-23)18(29)25-8-13/h2-3,6,8-9,11,15H,4-5,7,10,23H2,1H3,(H,25,29)(H,24,26,28)/t11?,15-/m1/s1. The zero-order chi connectivity index (χ0) is 21.2. The number of carbonyl (C=O) groups excluding carboxylic acids is 1. The number of nitrogens with zero attached hydrogens (tertiary/aromatic N) is 2. The molecule has 2 aromatic rings. The Labute approximate surface area is 165 Å². The van der Waals surface area contributed by atoms with Gasteiger partial charge in [-0.15, -0.1) is 0 Å². The number of anilines is 1. The van der Waals surface area contributed by atoms with Crippen molar-refractivity contribution in [3.05, 3.63) is 57.9 Å². The second-order valence-electron chi connectivity index (χ2n) is 7.08. The molecule has 3 rings (SSSR count). The van der Waals surface area contributed by atoms with Crippen molar-refractivity contribution in [3.8, 4) is 0 Å². The summed E-state index contributed by atoms with van der Waals surface area (Å²) in [6.07, 6.45) is 1.82. The van der Waals surface area contributed by atoms with Crippen LogP contribution in [0.15, 0.2) is 35.4 Å². The Morgan fingerprint density at radius 3 is 2.90 bits per heavy atom. The molecule has 1 fully saturated rings. The van der Waals surface area contributed by atoms with E-state index in [1.807, 2.05) is 0 Å². The number of hydrogen-bond donors (Lipinski definition) is 3. The van der Waals surface area contributed by atoms with Crippen molar-refractivity contribution in [2.45, 2.75) is 37.8 Å². The molecule has 156 valence electrons. The van der Waals surface area contributed by atoms with Gasteiger partial charge in [-0.25, -0.2) is 18.2 Å². The quantitative estimate of drug-likeness (QED) is 0.699. The summed E-state index contributed by atoms with van der Waals surface area (Å²) >= 11 is 0. The first-order chi connectivity index (χ1) is 13.7. The monoisotopic (exact) mass is 409 g/mol. The van der Waals surface area contributed by atoms with E-state index in [2.05, 4.69) is 15.3 Å². The number of H-pyrrole nitrogens is 1. The van der Waals surface area contributed by atoms with Crippen molar-refractivity contribution in [2.75, 3.05) is 18.4 Å². The SMILES string of the molecule is CC(C(=O)Nc1ccc(F)cn1)N1CCC(F)(F)[C@@H](c2c[nH]c(=O)c(CN)c2)C1. The van der Waals surface area contributed by atoms with Crippen molar-refractivity contribution in [3.63, 3.8) is 0 Å². The lowest BCUT2D eigenvalue weighted by atomic mass is 9.86. The van der Waals surface area contributed by atoms with Crippen LogP contribution < -0.4 is 16.6 Å². The molecule has 2 atom stereocenters. The summed E-state index contributed by atoms with van der Waals surface area (Å²) in [5.74, 6) is -4.98. The predicted octanol–water partition coefficient (Wildman–Crippen LogP) is 1.82. The highest BCUT2D eigenvalue weighted by Crippen LogP contribution is 2.40. The smallest absolute Gasteiger partial charge is 0.257 e. The van der Waals surface area contributed by atoms with E-state index in [0.717, 1.165) is 12.3 Å². The summed E-state index contributed by atoms with van der Waals surface area (Å²) in [5.41, 5.74) is 5.60. The van der Waals surface area contributed by atoms with Crippen LogP contribution in [-0.4, -0.2) is 45.8 Å². The molecule has 0 radical (unpaired) electrons. The molecule has 1 aliphatic rings. The average molecular weight is 409 g/mol. The normalized spacial score (nSPS) is 20.2. The number of nitrogens with two attached hydrogens (primary N) is 1. The van der Waals surface area contributed by atoms with E-state index in [1.165, 1.54) is 18.3 Å². The van der Waals surface area contributed by atoms with Crippen molar-refractivity contribution >= 4 is 11.7 Å². The molecular weight excluding hydrogens is 387 g/mol. The summed E-state index contributed by atoms with van der Waals surface area (Å²) in [6.45, 7) is 1.50. The molecule has 0 aliphatic carbocycles. The fraction of sp³-hybridized carbons (Fsp3) is 0.421. The van der Waals surface area contributed by atoms with Crippen molar-refractivity contribution in [2.24, 2.45) is 5.73 Å². The first-order valence-corrected chi connectivity index (χ1v) is 9.17. The van der Waals surface area contributed by atoms with Gasteiger partial charge < -0.3 is 16.0 Å². The first-order valence-electron chi connectivity index (χ1n) is 9.17. The van der Waals surface area contributed by atoms with Gasteiger partial charge in [-0.1, -0.05) is 0 Å². The number of nitrogens with one attached hydrogen (secondary N) is 2. The Morgan fingerprint density at radius 2 is 2.24 bits per heavy atom. The van der Waals surface area contributed by atoms with Crippen LogP contribution in [0.2, 0.25) is 0 Å². The van der Waals surface area contributed by atoms with Crippen molar-refractivity contribution < 1.29 is 18.0 Å². The predicted molar refractivity (Wildman–Crippen MR) is 101 cm³/mol. The van der Waals surface area contributed by atoms with Gasteiger partial charge in [-0.2, -0.15) is 0 Å². The maximum Gasteiger partial charge on any atom is 0.257 e. The maximum absolute atomic E-state index is 14.6. The van der Waals surface area contributed by atoms with E-state index >= 15 is 0 Å². The largest absolute Gasteiger partial charge is 0.329 e. The molecule has 2 aromatic heterocycles.